The van der Waals surface area contributed by atoms with Crippen molar-refractivity contribution in [3.05, 3.63) is 35.4 Å². The predicted octanol–water partition coefficient (Wildman–Crippen LogP) is 4.77. The van der Waals surface area contributed by atoms with Gasteiger partial charge < -0.3 is 0 Å². The average Bonchev–Trinajstić information content (AvgIpc) is 3.03. The molecular weight excluding hydrogens is 366 g/mol. The molecule has 1 saturated heterocycles. The van der Waals surface area contributed by atoms with Crippen LogP contribution in [0, 0.1) is 0 Å². The Morgan fingerprint density at radius 3 is 2.70 bits per heavy atom. The van der Waals surface area contributed by atoms with Gasteiger partial charge in [0.2, 0.25) is 5.13 Å². The van der Waals surface area contributed by atoms with E-state index in [0.717, 1.165) is 10.1 Å². The van der Waals surface area contributed by atoms with E-state index in [-0.39, 0.29) is 5.91 Å². The van der Waals surface area contributed by atoms with E-state index in [2.05, 4.69) is 34.6 Å². The lowest BCUT2D eigenvalue weighted by Crippen LogP contribution is -2.11. The van der Waals surface area contributed by atoms with E-state index in [0.29, 0.717) is 15.3 Å². The normalized spacial score (nSPS) is 15.5. The molecule has 3 rings (SSSR count). The number of carbonyl (C=O) groups is 1. The molecular formula is C15H17N3OS4. The summed E-state index contributed by atoms with van der Waals surface area (Å²) in [5, 5.41) is 11.4. The Hall–Kier alpha value is -0.700. The number of thioether (sulfide) groups is 3. The number of aromatic nitrogens is 2. The minimum Gasteiger partial charge on any atom is -0.296 e. The van der Waals surface area contributed by atoms with Crippen molar-refractivity contribution in [1.29, 1.82) is 0 Å². The summed E-state index contributed by atoms with van der Waals surface area (Å²) >= 11 is 7.00. The number of benzene rings is 1. The monoisotopic (exact) mass is 383 g/mol. The van der Waals surface area contributed by atoms with Crippen molar-refractivity contribution < 1.29 is 4.79 Å². The lowest BCUT2D eigenvalue weighted by molar-refractivity contribution is 0.102. The fraction of sp³-hybridized carbons (Fsp3) is 0.400. The van der Waals surface area contributed by atoms with E-state index < -0.39 is 0 Å². The van der Waals surface area contributed by atoms with Gasteiger partial charge in [-0.2, -0.15) is 0 Å². The van der Waals surface area contributed by atoms with Gasteiger partial charge in [-0.1, -0.05) is 42.2 Å². The van der Waals surface area contributed by atoms with E-state index in [1.165, 1.54) is 34.8 Å². The number of nitrogens with zero attached hydrogens (tertiary/aromatic N) is 2. The highest BCUT2D eigenvalue weighted by Crippen LogP contribution is 2.43. The van der Waals surface area contributed by atoms with Gasteiger partial charge in [0.05, 0.1) is 4.58 Å². The van der Waals surface area contributed by atoms with Crippen molar-refractivity contribution in [3.63, 3.8) is 0 Å². The van der Waals surface area contributed by atoms with Crippen LogP contribution in [0.5, 0.6) is 0 Å². The molecule has 1 aromatic heterocycles. The number of nitrogens with one attached hydrogen (secondary N) is 1. The summed E-state index contributed by atoms with van der Waals surface area (Å²) in [7, 11) is 0. The second kappa shape index (κ2) is 8.41. The number of hydrogen-bond donors (Lipinski definition) is 1. The van der Waals surface area contributed by atoms with Gasteiger partial charge in [0.1, 0.15) is 0 Å². The molecule has 0 spiro atoms. The van der Waals surface area contributed by atoms with Crippen LogP contribution in [0.3, 0.4) is 0 Å². The fourth-order valence-electron chi connectivity index (χ4n) is 2.08. The Labute approximate surface area is 152 Å². The third-order valence-corrected chi connectivity index (χ3v) is 8.04. The van der Waals surface area contributed by atoms with Gasteiger partial charge in [0.25, 0.3) is 5.91 Å². The number of amides is 1. The molecule has 0 aliphatic carbocycles. The molecule has 0 atom stereocenters. The van der Waals surface area contributed by atoms with Crippen LogP contribution < -0.4 is 5.32 Å². The molecule has 1 aliphatic rings. The fourth-order valence-corrected chi connectivity index (χ4v) is 6.62. The Morgan fingerprint density at radius 1 is 1.26 bits per heavy atom. The molecule has 2 aromatic rings. The molecule has 1 aromatic carbocycles. The zero-order chi connectivity index (χ0) is 16.1. The molecule has 2 heterocycles. The lowest BCUT2D eigenvalue weighted by atomic mass is 10.1. The molecule has 0 unspecified atom stereocenters. The topological polar surface area (TPSA) is 54.9 Å². The van der Waals surface area contributed by atoms with Gasteiger partial charge >= 0.3 is 0 Å². The molecule has 0 bridgehead atoms. The second-order valence-electron chi connectivity index (χ2n) is 4.81. The van der Waals surface area contributed by atoms with Gasteiger partial charge in [-0.15, -0.1) is 33.7 Å². The first-order valence-electron chi connectivity index (χ1n) is 7.37. The van der Waals surface area contributed by atoms with Gasteiger partial charge in [-0.3, -0.25) is 10.1 Å². The Balaban J connectivity index is 1.62. The number of anilines is 1. The maximum Gasteiger partial charge on any atom is 0.257 e. The lowest BCUT2D eigenvalue weighted by Gasteiger charge is -2.21. The first-order valence-corrected chi connectivity index (χ1v) is 11.3. The van der Waals surface area contributed by atoms with Crippen LogP contribution in [-0.4, -0.2) is 33.4 Å². The molecule has 1 N–H and O–H groups in total. The highest BCUT2D eigenvalue weighted by atomic mass is 32.2. The molecule has 0 radical (unpaired) electrons. The van der Waals surface area contributed by atoms with Crippen molar-refractivity contribution in [3.8, 4) is 0 Å². The zero-order valence-electron chi connectivity index (χ0n) is 12.7. The van der Waals surface area contributed by atoms with E-state index in [1.807, 2.05) is 35.7 Å². The third kappa shape index (κ3) is 4.65. The highest BCUT2D eigenvalue weighted by molar-refractivity contribution is 8.16. The number of hydrogen-bond acceptors (Lipinski definition) is 7. The Kier molecular flexibility index (Phi) is 6.27. The quantitative estimate of drug-likeness (QED) is 0.593. The molecule has 1 fully saturated rings. The predicted molar refractivity (Wildman–Crippen MR) is 103 cm³/mol. The second-order valence-corrected chi connectivity index (χ2v) is 10.0. The summed E-state index contributed by atoms with van der Waals surface area (Å²) < 4.78 is 1.38. The van der Waals surface area contributed by atoms with Crippen LogP contribution in [-0.2, 0) is 0 Å². The highest BCUT2D eigenvalue weighted by Gasteiger charge is 2.17. The summed E-state index contributed by atoms with van der Waals surface area (Å²) in [6, 6.07) is 7.90. The van der Waals surface area contributed by atoms with Crippen LogP contribution in [0.15, 0.2) is 28.6 Å². The van der Waals surface area contributed by atoms with Gasteiger partial charge in [0, 0.05) is 5.56 Å². The summed E-state index contributed by atoms with van der Waals surface area (Å²) in [6.45, 7) is 2.06. The molecule has 0 saturated carbocycles. The van der Waals surface area contributed by atoms with Gasteiger partial charge in [-0.05, 0) is 41.4 Å². The summed E-state index contributed by atoms with van der Waals surface area (Å²) in [4.78, 5) is 12.3. The summed E-state index contributed by atoms with van der Waals surface area (Å²) in [5.41, 5.74) is 1.94. The maximum absolute atomic E-state index is 12.3. The molecule has 122 valence electrons. The van der Waals surface area contributed by atoms with Gasteiger partial charge in [-0.25, -0.2) is 0 Å². The third-order valence-electron chi connectivity index (χ3n) is 3.17. The van der Waals surface area contributed by atoms with E-state index in [4.69, 9.17) is 0 Å². The van der Waals surface area contributed by atoms with Crippen molar-refractivity contribution in [2.24, 2.45) is 0 Å². The SMILES string of the molecule is CCSc1nnc(NC(=O)c2ccc(C3SCCCS3)cc2)s1. The summed E-state index contributed by atoms with van der Waals surface area (Å²) in [5.74, 6) is 3.25. The first kappa shape index (κ1) is 17.1. The van der Waals surface area contributed by atoms with Crippen molar-refractivity contribution in [2.75, 3.05) is 22.6 Å². The van der Waals surface area contributed by atoms with E-state index in [9.17, 15) is 4.79 Å². The number of carbonyl (C=O) groups excluding carboxylic acids is 1. The minimum atomic E-state index is -0.135. The Bertz CT molecular complexity index is 653. The van der Waals surface area contributed by atoms with Crippen LogP contribution >= 0.6 is 46.6 Å². The standard InChI is InChI=1S/C15H17N3OS4/c1-2-20-15-18-17-14(23-15)16-12(19)10-4-6-11(7-5-10)13-21-8-3-9-22-13/h4-7,13H,2-3,8-9H2,1H3,(H,16,17,19). The smallest absolute Gasteiger partial charge is 0.257 e. The van der Waals surface area contributed by atoms with E-state index >= 15 is 0 Å². The van der Waals surface area contributed by atoms with Crippen molar-refractivity contribution in [2.45, 2.75) is 22.3 Å². The largest absolute Gasteiger partial charge is 0.296 e. The van der Waals surface area contributed by atoms with Crippen molar-refractivity contribution in [1.82, 2.24) is 10.2 Å². The minimum absolute atomic E-state index is 0.135. The van der Waals surface area contributed by atoms with Crippen LogP contribution in [0.1, 0.15) is 33.8 Å². The summed E-state index contributed by atoms with van der Waals surface area (Å²) in [6.07, 6.45) is 1.28. The molecule has 23 heavy (non-hydrogen) atoms. The van der Waals surface area contributed by atoms with Crippen LogP contribution in [0.2, 0.25) is 0 Å². The first-order chi connectivity index (χ1) is 11.3. The molecule has 4 nitrogen and oxygen atoms in total. The maximum atomic E-state index is 12.3. The molecule has 1 amide bonds. The van der Waals surface area contributed by atoms with Crippen molar-refractivity contribution >= 4 is 57.7 Å². The average molecular weight is 384 g/mol. The van der Waals surface area contributed by atoms with Gasteiger partial charge in [0.15, 0.2) is 4.34 Å². The Morgan fingerprint density at radius 2 is 2.00 bits per heavy atom. The molecule has 8 heteroatoms. The number of rotatable bonds is 5. The zero-order valence-corrected chi connectivity index (χ0v) is 15.9. The molecule has 1 aliphatic heterocycles. The van der Waals surface area contributed by atoms with Crippen LogP contribution in [0.25, 0.3) is 0 Å². The van der Waals surface area contributed by atoms with E-state index in [1.54, 1.807) is 11.8 Å². The van der Waals surface area contributed by atoms with Crippen LogP contribution in [0.4, 0.5) is 5.13 Å².